The molecule has 3 aromatic rings. The van der Waals surface area contributed by atoms with Crippen LogP contribution in [0.2, 0.25) is 0 Å². The quantitative estimate of drug-likeness (QED) is 0.503. The first kappa shape index (κ1) is 22.6. The number of hydrogen-bond donors (Lipinski definition) is 1. The van der Waals surface area contributed by atoms with Gasteiger partial charge in [-0.15, -0.1) is 12.4 Å². The number of benzene rings is 2. The number of rotatable bonds is 6. The maximum atomic E-state index is 11.8. The lowest BCUT2D eigenvalue weighted by molar-refractivity contribution is -0.116. The summed E-state index contributed by atoms with van der Waals surface area (Å²) in [5.74, 6) is 0.888. The number of nitrogens with zero attached hydrogens (tertiary/aromatic N) is 2. The molecule has 1 fully saturated rings. The average Bonchev–Trinajstić information content (AvgIpc) is 3.28. The number of carbonyl (C=O) groups is 1. The van der Waals surface area contributed by atoms with Crippen LogP contribution in [0.15, 0.2) is 47.1 Å². The van der Waals surface area contributed by atoms with Crippen molar-refractivity contribution in [1.29, 1.82) is 0 Å². The maximum Gasteiger partial charge on any atom is 0.224 e. The molecule has 2 unspecified atom stereocenters. The van der Waals surface area contributed by atoms with Gasteiger partial charge in [-0.1, -0.05) is 43.1 Å². The third-order valence-corrected chi connectivity index (χ3v) is 6.49. The summed E-state index contributed by atoms with van der Waals surface area (Å²) in [4.78, 5) is 14.3. The Morgan fingerprint density at radius 2 is 2.16 bits per heavy atom. The number of likely N-dealkylation sites (tertiary alicyclic amines) is 1. The first-order valence-electron chi connectivity index (χ1n) is 11.4. The smallest absolute Gasteiger partial charge is 0.224 e. The Labute approximate surface area is 194 Å². The predicted octanol–water partition coefficient (Wildman–Crippen LogP) is 5.87. The Balaban J connectivity index is 0.00000245. The number of piperidine rings is 1. The summed E-state index contributed by atoms with van der Waals surface area (Å²) in [5.41, 5.74) is 4.16. The van der Waals surface area contributed by atoms with E-state index in [1.807, 2.05) is 24.4 Å². The van der Waals surface area contributed by atoms with Gasteiger partial charge in [0.05, 0.1) is 6.20 Å². The van der Waals surface area contributed by atoms with Crippen LogP contribution in [0.3, 0.4) is 0 Å². The molecule has 1 saturated heterocycles. The van der Waals surface area contributed by atoms with Crippen molar-refractivity contribution in [1.82, 2.24) is 10.1 Å². The number of anilines is 1. The second-order valence-corrected chi connectivity index (χ2v) is 8.56. The third kappa shape index (κ3) is 4.48. The van der Waals surface area contributed by atoms with E-state index in [0.29, 0.717) is 6.42 Å². The van der Waals surface area contributed by atoms with E-state index in [9.17, 15) is 4.79 Å². The van der Waals surface area contributed by atoms with Gasteiger partial charge in [-0.05, 0) is 48.9 Å². The first-order chi connectivity index (χ1) is 15.2. The van der Waals surface area contributed by atoms with Gasteiger partial charge in [0.15, 0.2) is 11.8 Å². The molecule has 1 aromatic heterocycles. The normalized spacial score (nSPS) is 19.7. The molecule has 0 radical (unpaired) electrons. The van der Waals surface area contributed by atoms with E-state index in [4.69, 9.17) is 9.26 Å². The monoisotopic (exact) mass is 455 g/mol. The van der Waals surface area contributed by atoms with Crippen molar-refractivity contribution in [3.8, 4) is 5.75 Å². The fourth-order valence-corrected chi connectivity index (χ4v) is 4.96. The molecule has 170 valence electrons. The first-order valence-corrected chi connectivity index (χ1v) is 11.4. The fourth-order valence-electron chi connectivity index (χ4n) is 4.96. The van der Waals surface area contributed by atoms with Crippen LogP contribution in [0.5, 0.6) is 5.75 Å². The lowest BCUT2D eigenvalue weighted by Gasteiger charge is -2.41. The Morgan fingerprint density at radius 1 is 1.25 bits per heavy atom. The van der Waals surface area contributed by atoms with Crippen LogP contribution in [-0.4, -0.2) is 28.7 Å². The van der Waals surface area contributed by atoms with Crippen molar-refractivity contribution in [2.75, 3.05) is 11.9 Å². The van der Waals surface area contributed by atoms with Crippen LogP contribution >= 0.6 is 12.4 Å². The molecule has 2 aromatic carbocycles. The van der Waals surface area contributed by atoms with Crippen LogP contribution in [0.4, 0.5) is 5.69 Å². The third-order valence-electron chi connectivity index (χ3n) is 6.49. The van der Waals surface area contributed by atoms with E-state index < -0.39 is 0 Å². The van der Waals surface area contributed by atoms with E-state index >= 15 is 0 Å². The molecule has 0 saturated carbocycles. The zero-order valence-corrected chi connectivity index (χ0v) is 19.2. The topological polar surface area (TPSA) is 67.6 Å². The van der Waals surface area contributed by atoms with E-state index in [-0.39, 0.29) is 30.6 Å². The van der Waals surface area contributed by atoms with Crippen molar-refractivity contribution in [3.05, 3.63) is 53.7 Å². The Hall–Kier alpha value is -2.57. The highest BCUT2D eigenvalue weighted by atomic mass is 35.5. The second-order valence-electron chi connectivity index (χ2n) is 8.56. The molecule has 0 bridgehead atoms. The minimum absolute atomic E-state index is 0. The number of carbonyl (C=O) groups excluding carboxylic acids is 1. The molecule has 1 amide bonds. The molecule has 3 heterocycles. The van der Waals surface area contributed by atoms with Gasteiger partial charge < -0.3 is 14.6 Å². The largest absolute Gasteiger partial charge is 0.475 e. The fraction of sp³-hybridized carbons (Fsp3) is 0.440. The number of halogens is 1. The lowest BCUT2D eigenvalue weighted by atomic mass is 9.92. The molecule has 2 aliphatic heterocycles. The summed E-state index contributed by atoms with van der Waals surface area (Å²) in [6, 6.07) is 12.6. The molecule has 1 N–H and O–H groups in total. The van der Waals surface area contributed by atoms with E-state index in [1.165, 1.54) is 24.0 Å². The number of amides is 1. The van der Waals surface area contributed by atoms with Gasteiger partial charge in [0.2, 0.25) is 5.91 Å². The average molecular weight is 456 g/mol. The van der Waals surface area contributed by atoms with Gasteiger partial charge in [-0.2, -0.15) is 0 Å². The Morgan fingerprint density at radius 3 is 3.03 bits per heavy atom. The number of aromatic nitrogens is 1. The standard InChI is InChI=1S/C25H29N3O3.ClH/c1-2-6-25(30-18-12-10-17-11-13-24(29)27-21(17)15-18)28-14-4-3-8-22(28)19-7-5-9-23-20(19)16-26-31-23;/h5,7,9-10,12,15-16,22,25H,2-4,6,8,11,13-14H2,1H3,(H,27,29);1H. The highest BCUT2D eigenvalue weighted by Gasteiger charge is 2.32. The molecule has 0 aliphatic carbocycles. The summed E-state index contributed by atoms with van der Waals surface area (Å²) < 4.78 is 12.0. The predicted molar refractivity (Wildman–Crippen MR) is 127 cm³/mol. The Bertz CT molecular complexity index is 1080. The highest BCUT2D eigenvalue weighted by Crippen LogP contribution is 2.38. The van der Waals surface area contributed by atoms with Crippen LogP contribution < -0.4 is 10.1 Å². The summed E-state index contributed by atoms with van der Waals surface area (Å²) in [5, 5.41) is 8.09. The molecule has 2 aliphatic rings. The lowest BCUT2D eigenvalue weighted by Crippen LogP contribution is -2.44. The van der Waals surface area contributed by atoms with Crippen LogP contribution in [0.25, 0.3) is 11.0 Å². The minimum Gasteiger partial charge on any atom is -0.475 e. The highest BCUT2D eigenvalue weighted by molar-refractivity contribution is 5.94. The van der Waals surface area contributed by atoms with Crippen molar-refractivity contribution in [3.63, 3.8) is 0 Å². The van der Waals surface area contributed by atoms with Gasteiger partial charge in [0.1, 0.15) is 5.75 Å². The zero-order valence-electron chi connectivity index (χ0n) is 18.4. The van der Waals surface area contributed by atoms with Crippen molar-refractivity contribution >= 4 is 35.0 Å². The number of fused-ring (bicyclic) bond motifs is 2. The number of nitrogens with one attached hydrogen (secondary N) is 1. The number of hydrogen-bond acceptors (Lipinski definition) is 5. The zero-order chi connectivity index (χ0) is 21.2. The van der Waals surface area contributed by atoms with E-state index in [2.05, 4.69) is 40.5 Å². The summed E-state index contributed by atoms with van der Waals surface area (Å²) in [6.07, 6.45) is 8.58. The second kappa shape index (κ2) is 9.92. The molecule has 7 heteroatoms. The van der Waals surface area contributed by atoms with Crippen molar-refractivity contribution in [2.45, 2.75) is 64.1 Å². The molecule has 0 spiro atoms. The minimum atomic E-state index is -0.0252. The van der Waals surface area contributed by atoms with Gasteiger partial charge >= 0.3 is 0 Å². The van der Waals surface area contributed by atoms with Crippen LogP contribution in [-0.2, 0) is 11.2 Å². The van der Waals surface area contributed by atoms with Crippen LogP contribution in [0.1, 0.15) is 62.6 Å². The van der Waals surface area contributed by atoms with E-state index in [0.717, 1.165) is 54.6 Å². The summed E-state index contributed by atoms with van der Waals surface area (Å²) in [7, 11) is 0. The molecular formula is C25H30ClN3O3. The van der Waals surface area contributed by atoms with Crippen molar-refractivity contribution in [2.24, 2.45) is 0 Å². The van der Waals surface area contributed by atoms with Gasteiger partial charge in [0, 0.05) is 36.1 Å². The number of ether oxygens (including phenoxy) is 1. The van der Waals surface area contributed by atoms with Gasteiger partial charge in [0.25, 0.3) is 0 Å². The molecule has 6 nitrogen and oxygen atoms in total. The molecule has 5 rings (SSSR count). The van der Waals surface area contributed by atoms with Gasteiger partial charge in [-0.3, -0.25) is 9.69 Å². The maximum absolute atomic E-state index is 11.8. The molecular weight excluding hydrogens is 426 g/mol. The molecule has 32 heavy (non-hydrogen) atoms. The summed E-state index contributed by atoms with van der Waals surface area (Å²) >= 11 is 0. The van der Waals surface area contributed by atoms with Crippen molar-refractivity contribution < 1.29 is 14.1 Å². The van der Waals surface area contributed by atoms with E-state index in [1.54, 1.807) is 0 Å². The SMILES string of the molecule is CCCC(Oc1ccc2c(c1)NC(=O)CC2)N1CCCCC1c1cccc2oncc12.Cl. The Kier molecular flexibility index (Phi) is 7.01. The van der Waals surface area contributed by atoms with Gasteiger partial charge in [-0.25, -0.2) is 0 Å². The number of aryl methyl sites for hydroxylation is 1. The molecule has 2 atom stereocenters. The van der Waals surface area contributed by atoms with Crippen LogP contribution in [0, 0.1) is 0 Å². The summed E-state index contributed by atoms with van der Waals surface area (Å²) in [6.45, 7) is 3.20.